The second-order valence-corrected chi connectivity index (χ2v) is 6.02. The lowest BCUT2D eigenvalue weighted by Gasteiger charge is -2.06. The van der Waals surface area contributed by atoms with Gasteiger partial charge >= 0.3 is 0 Å². The minimum Gasteiger partial charge on any atom is -0.320 e. The van der Waals surface area contributed by atoms with E-state index in [1.54, 1.807) is 0 Å². The van der Waals surface area contributed by atoms with Crippen molar-refractivity contribution in [2.45, 2.75) is 0 Å². The van der Waals surface area contributed by atoms with Crippen LogP contribution in [0.25, 0.3) is 17.3 Å². The highest BCUT2D eigenvalue weighted by atomic mass is 35.5. The lowest BCUT2D eigenvalue weighted by atomic mass is 10.1. The van der Waals surface area contributed by atoms with Crippen LogP contribution < -0.4 is 5.32 Å². The summed E-state index contributed by atoms with van der Waals surface area (Å²) < 4.78 is 0. The Labute approximate surface area is 164 Å². The summed E-state index contributed by atoms with van der Waals surface area (Å²) in [6.45, 7) is 0. The van der Waals surface area contributed by atoms with E-state index in [1.165, 1.54) is 24.4 Å². The molecule has 0 saturated carbocycles. The van der Waals surface area contributed by atoms with Crippen LogP contribution in [0.2, 0.25) is 5.02 Å². The summed E-state index contributed by atoms with van der Waals surface area (Å²) in [6.07, 6.45) is 2.91. The number of nitro benzene ring substituents is 1. The highest BCUT2D eigenvalue weighted by Crippen LogP contribution is 2.27. The van der Waals surface area contributed by atoms with E-state index in [1.807, 2.05) is 36.4 Å². The number of hydrogen-bond acceptors (Lipinski definition) is 5. The van der Waals surface area contributed by atoms with Gasteiger partial charge in [-0.05, 0) is 12.1 Å². The number of aromatic amines is 1. The van der Waals surface area contributed by atoms with Crippen molar-refractivity contribution in [3.63, 3.8) is 0 Å². The molecule has 0 bridgehead atoms. The smallest absolute Gasteiger partial charge is 0.271 e. The molecule has 0 atom stereocenters. The van der Waals surface area contributed by atoms with Crippen molar-refractivity contribution < 1.29 is 9.72 Å². The average molecular weight is 394 g/mol. The van der Waals surface area contributed by atoms with Gasteiger partial charge in [-0.3, -0.25) is 20.0 Å². The van der Waals surface area contributed by atoms with E-state index < -0.39 is 10.8 Å². The molecule has 0 fully saturated rings. The molecule has 1 heterocycles. The number of non-ortho nitro benzene ring substituents is 1. The van der Waals surface area contributed by atoms with E-state index in [4.69, 9.17) is 11.6 Å². The molecule has 0 radical (unpaired) electrons. The number of aromatic nitrogens is 2. The number of rotatable bonds is 5. The summed E-state index contributed by atoms with van der Waals surface area (Å²) in [7, 11) is 0. The largest absolute Gasteiger partial charge is 0.320 e. The van der Waals surface area contributed by atoms with Crippen molar-refractivity contribution in [1.82, 2.24) is 10.2 Å². The number of amides is 1. The summed E-state index contributed by atoms with van der Waals surface area (Å²) in [5.74, 6) is -0.696. The molecule has 0 aliphatic rings. The molecule has 1 aromatic heterocycles. The summed E-state index contributed by atoms with van der Waals surface area (Å²) in [4.78, 5) is 22.6. The molecule has 0 aliphatic heterocycles. The van der Waals surface area contributed by atoms with Crippen molar-refractivity contribution in [2.75, 3.05) is 5.32 Å². The van der Waals surface area contributed by atoms with Gasteiger partial charge in [0.2, 0.25) is 0 Å². The molecule has 3 rings (SSSR count). The van der Waals surface area contributed by atoms with Gasteiger partial charge in [0, 0.05) is 23.3 Å². The van der Waals surface area contributed by atoms with Gasteiger partial charge in [0.1, 0.15) is 11.6 Å². The number of nitrogens with one attached hydrogen (secondary N) is 2. The molecule has 2 aromatic carbocycles. The SMILES string of the molecule is N#C/C(=C/c1cn[nH]c1-c1ccccc1)C(=O)Nc1ccc([N+](=O)[O-])cc1Cl. The van der Waals surface area contributed by atoms with Gasteiger partial charge in [-0.1, -0.05) is 41.9 Å². The fourth-order valence-corrected chi connectivity index (χ4v) is 2.68. The topological polar surface area (TPSA) is 125 Å². The predicted molar refractivity (Wildman–Crippen MR) is 104 cm³/mol. The highest BCUT2D eigenvalue weighted by molar-refractivity contribution is 6.34. The number of anilines is 1. The quantitative estimate of drug-likeness (QED) is 0.291. The first-order chi connectivity index (χ1) is 13.5. The van der Waals surface area contributed by atoms with Gasteiger partial charge in [0.25, 0.3) is 11.6 Å². The van der Waals surface area contributed by atoms with Crippen LogP contribution in [-0.2, 0) is 4.79 Å². The third kappa shape index (κ3) is 4.06. The molecule has 0 unspecified atom stereocenters. The first kappa shape index (κ1) is 18.8. The van der Waals surface area contributed by atoms with Crippen LogP contribution in [0.1, 0.15) is 5.56 Å². The Morgan fingerprint density at radius 3 is 2.68 bits per heavy atom. The van der Waals surface area contributed by atoms with Crippen LogP contribution in [0.3, 0.4) is 0 Å². The first-order valence-corrected chi connectivity index (χ1v) is 8.33. The number of carbonyl (C=O) groups is 1. The van der Waals surface area contributed by atoms with Crippen LogP contribution in [0.4, 0.5) is 11.4 Å². The Balaban J connectivity index is 1.87. The number of nitrogens with zero attached hydrogens (tertiary/aromatic N) is 3. The van der Waals surface area contributed by atoms with E-state index >= 15 is 0 Å². The van der Waals surface area contributed by atoms with E-state index in [-0.39, 0.29) is 22.0 Å². The van der Waals surface area contributed by atoms with Crippen LogP contribution >= 0.6 is 11.6 Å². The normalized spacial score (nSPS) is 10.9. The summed E-state index contributed by atoms with van der Waals surface area (Å²) in [6, 6.07) is 14.8. The zero-order valence-corrected chi connectivity index (χ0v) is 15.0. The first-order valence-electron chi connectivity index (χ1n) is 7.95. The average Bonchev–Trinajstić information content (AvgIpc) is 3.16. The molecular formula is C19H12ClN5O3. The number of nitriles is 1. The molecule has 0 saturated heterocycles. The van der Waals surface area contributed by atoms with E-state index in [0.717, 1.165) is 11.6 Å². The third-order valence-electron chi connectivity index (χ3n) is 3.81. The third-order valence-corrected chi connectivity index (χ3v) is 4.12. The van der Waals surface area contributed by atoms with E-state index in [2.05, 4.69) is 15.5 Å². The van der Waals surface area contributed by atoms with E-state index in [0.29, 0.717) is 11.3 Å². The number of halogens is 1. The second-order valence-electron chi connectivity index (χ2n) is 5.61. The zero-order chi connectivity index (χ0) is 20.1. The predicted octanol–water partition coefficient (Wildman–Crippen LogP) is 4.18. The molecule has 2 N–H and O–H groups in total. The lowest BCUT2D eigenvalue weighted by molar-refractivity contribution is -0.384. The number of benzene rings is 2. The van der Waals surface area contributed by atoms with Crippen LogP contribution in [0, 0.1) is 21.4 Å². The van der Waals surface area contributed by atoms with E-state index in [9.17, 15) is 20.2 Å². The maximum absolute atomic E-state index is 12.5. The van der Waals surface area contributed by atoms with Gasteiger partial charge < -0.3 is 5.32 Å². The summed E-state index contributed by atoms with van der Waals surface area (Å²) in [5.41, 5.74) is 1.86. The molecule has 28 heavy (non-hydrogen) atoms. The Morgan fingerprint density at radius 2 is 2.04 bits per heavy atom. The monoisotopic (exact) mass is 393 g/mol. The molecule has 9 heteroatoms. The molecule has 1 amide bonds. The zero-order valence-electron chi connectivity index (χ0n) is 14.2. The van der Waals surface area contributed by atoms with Gasteiger partial charge in [-0.2, -0.15) is 10.4 Å². The van der Waals surface area contributed by atoms with Gasteiger partial charge in [-0.25, -0.2) is 0 Å². The van der Waals surface area contributed by atoms with Crippen molar-refractivity contribution >= 4 is 35.0 Å². The molecule has 138 valence electrons. The van der Waals surface area contributed by atoms with Crippen LogP contribution in [0.5, 0.6) is 0 Å². The van der Waals surface area contributed by atoms with Gasteiger partial charge in [0.15, 0.2) is 0 Å². The maximum atomic E-state index is 12.5. The Morgan fingerprint density at radius 1 is 1.29 bits per heavy atom. The minimum atomic E-state index is -0.696. The Bertz CT molecular complexity index is 1120. The van der Waals surface area contributed by atoms with Crippen molar-refractivity contribution in [3.8, 4) is 17.3 Å². The fourth-order valence-electron chi connectivity index (χ4n) is 2.45. The lowest BCUT2D eigenvalue weighted by Crippen LogP contribution is -2.13. The minimum absolute atomic E-state index is 0.00637. The Kier molecular flexibility index (Phi) is 5.48. The fraction of sp³-hybridized carbons (Fsp3) is 0. The van der Waals surface area contributed by atoms with Gasteiger partial charge in [0.05, 0.1) is 27.5 Å². The molecule has 0 aliphatic carbocycles. The van der Waals surface area contributed by atoms with Crippen molar-refractivity contribution in [2.24, 2.45) is 0 Å². The molecule has 3 aromatic rings. The second kappa shape index (κ2) is 8.16. The van der Waals surface area contributed by atoms with Crippen molar-refractivity contribution in [3.05, 3.63) is 81.0 Å². The number of carbonyl (C=O) groups excluding carboxylic acids is 1. The number of hydrogen-bond donors (Lipinski definition) is 2. The molecule has 0 spiro atoms. The summed E-state index contributed by atoms with van der Waals surface area (Å²) >= 11 is 5.98. The summed E-state index contributed by atoms with van der Waals surface area (Å²) in [5, 5.41) is 29.5. The molecular weight excluding hydrogens is 382 g/mol. The van der Waals surface area contributed by atoms with Crippen molar-refractivity contribution in [1.29, 1.82) is 5.26 Å². The number of nitro groups is 1. The Hall–Kier alpha value is -3.96. The standard InChI is InChI=1S/C19H12ClN5O3/c20-16-9-15(25(27)28)6-7-17(16)23-19(26)13(10-21)8-14-11-22-24-18(14)12-4-2-1-3-5-12/h1-9,11H,(H,22,24)(H,23,26)/b13-8-. The maximum Gasteiger partial charge on any atom is 0.271 e. The highest BCUT2D eigenvalue weighted by Gasteiger charge is 2.15. The van der Waals surface area contributed by atoms with Crippen LogP contribution in [-0.4, -0.2) is 21.0 Å². The van der Waals surface area contributed by atoms with Gasteiger partial charge in [-0.15, -0.1) is 0 Å². The van der Waals surface area contributed by atoms with Crippen LogP contribution in [0.15, 0.2) is 60.3 Å². The molecule has 8 nitrogen and oxygen atoms in total. The number of H-pyrrole nitrogens is 1.